The van der Waals surface area contributed by atoms with Gasteiger partial charge in [-0.25, -0.2) is 9.59 Å². The summed E-state index contributed by atoms with van der Waals surface area (Å²) in [5.41, 5.74) is 3.72. The number of esters is 1. The van der Waals surface area contributed by atoms with E-state index in [1.807, 2.05) is 18.9 Å². The van der Waals surface area contributed by atoms with E-state index in [-0.39, 0.29) is 6.61 Å². The molecule has 0 spiro atoms. The molecule has 0 atom stereocenters. The van der Waals surface area contributed by atoms with Crippen LogP contribution in [0.15, 0.2) is 12.3 Å². The highest BCUT2D eigenvalue weighted by Crippen LogP contribution is 2.41. The van der Waals surface area contributed by atoms with Gasteiger partial charge < -0.3 is 9.64 Å². The van der Waals surface area contributed by atoms with Crippen LogP contribution >= 0.6 is 22.7 Å². The molecule has 2 N–H and O–H groups in total. The Balaban J connectivity index is 1.59. The number of fused-ring (bicyclic) bond motifs is 2. The zero-order valence-electron chi connectivity index (χ0n) is 21.4. The van der Waals surface area contributed by atoms with Gasteiger partial charge in [-0.2, -0.15) is 0 Å². The Bertz CT molecular complexity index is 1200. The topological polar surface area (TPSA) is 91.0 Å². The first-order valence-corrected chi connectivity index (χ1v) is 14.1. The summed E-state index contributed by atoms with van der Waals surface area (Å²) < 4.78 is 5.27. The maximum Gasteiger partial charge on any atom is 0.341 e. The molecule has 0 saturated heterocycles. The predicted molar refractivity (Wildman–Crippen MR) is 146 cm³/mol. The summed E-state index contributed by atoms with van der Waals surface area (Å²) in [6.45, 7) is 12.7. The Morgan fingerprint density at radius 2 is 1.78 bits per heavy atom. The Morgan fingerprint density at radius 3 is 2.47 bits per heavy atom. The van der Waals surface area contributed by atoms with Gasteiger partial charge in [0.05, 0.1) is 17.7 Å². The molecule has 3 heterocycles. The normalized spacial score (nSPS) is 15.0. The highest BCUT2D eigenvalue weighted by atomic mass is 32.1. The first-order valence-electron chi connectivity index (χ1n) is 12.4. The number of ether oxygens (including phenoxy) is 1. The van der Waals surface area contributed by atoms with E-state index >= 15 is 0 Å². The summed E-state index contributed by atoms with van der Waals surface area (Å²) in [5.74, 6) is -0.881. The molecule has 36 heavy (non-hydrogen) atoms. The maximum atomic E-state index is 13.5. The van der Waals surface area contributed by atoms with Gasteiger partial charge >= 0.3 is 12.0 Å². The second-order valence-electron chi connectivity index (χ2n) is 9.14. The number of hydrogen-bond donors (Lipinski definition) is 2. The Kier molecular flexibility index (Phi) is 8.17. The zero-order chi connectivity index (χ0) is 26.0. The molecule has 0 bridgehead atoms. The van der Waals surface area contributed by atoms with Crippen LogP contribution in [0.5, 0.6) is 0 Å². The first-order chi connectivity index (χ1) is 17.2. The van der Waals surface area contributed by atoms with E-state index in [9.17, 15) is 14.4 Å². The van der Waals surface area contributed by atoms with Crippen molar-refractivity contribution < 1.29 is 19.1 Å². The van der Waals surface area contributed by atoms with Crippen molar-refractivity contribution in [2.24, 2.45) is 0 Å². The number of nitrogens with zero attached hydrogens (tertiary/aromatic N) is 2. The molecule has 4 rings (SSSR count). The van der Waals surface area contributed by atoms with Crippen molar-refractivity contribution in [3.8, 4) is 0 Å². The Morgan fingerprint density at radius 1 is 1.06 bits per heavy atom. The SMILES string of the molecule is C=C(C)N(C)c1sc2c(c1C(=O)NC(=O)Nc1sc3c(c1C(=O)OCC)CCCC3)CCN(CC)C2. The van der Waals surface area contributed by atoms with E-state index in [1.54, 1.807) is 18.3 Å². The average molecular weight is 531 g/mol. The minimum atomic E-state index is -0.654. The number of thiophene rings is 2. The molecule has 2 aromatic heterocycles. The van der Waals surface area contributed by atoms with E-state index in [0.29, 0.717) is 16.1 Å². The van der Waals surface area contributed by atoms with Gasteiger partial charge in [0.2, 0.25) is 0 Å². The third-order valence-electron chi connectivity index (χ3n) is 6.77. The van der Waals surface area contributed by atoms with Crippen molar-refractivity contribution in [1.29, 1.82) is 0 Å². The standard InChI is InChI=1S/C26H34N4O4S2/c1-6-30-13-12-17-19(14-30)36-24(29(5)15(3)4)20(17)22(31)27-26(33)28-23-21(25(32)34-7-2)16-10-8-9-11-18(16)35-23/h3,6-14H2,1-2,4-5H3,(H2,27,28,31,33). The van der Waals surface area contributed by atoms with Crippen LogP contribution in [0.2, 0.25) is 0 Å². The van der Waals surface area contributed by atoms with Gasteiger partial charge in [-0.05, 0) is 63.6 Å². The lowest BCUT2D eigenvalue weighted by Gasteiger charge is -2.25. The number of imide groups is 1. The highest BCUT2D eigenvalue weighted by molar-refractivity contribution is 7.17. The quantitative estimate of drug-likeness (QED) is 0.480. The number of carbonyl (C=O) groups is 3. The van der Waals surface area contributed by atoms with Crippen LogP contribution < -0.4 is 15.5 Å². The summed E-state index contributed by atoms with van der Waals surface area (Å²) in [4.78, 5) is 45.7. The number of rotatable bonds is 7. The minimum Gasteiger partial charge on any atom is -0.462 e. The van der Waals surface area contributed by atoms with Crippen molar-refractivity contribution in [2.45, 2.75) is 59.4 Å². The van der Waals surface area contributed by atoms with E-state index in [4.69, 9.17) is 4.74 Å². The van der Waals surface area contributed by atoms with E-state index in [0.717, 1.165) is 83.3 Å². The van der Waals surface area contributed by atoms with Crippen LogP contribution in [0.3, 0.4) is 0 Å². The third kappa shape index (κ3) is 5.21. The molecule has 3 amide bonds. The average Bonchev–Trinajstić information content (AvgIpc) is 3.40. The van der Waals surface area contributed by atoms with Crippen molar-refractivity contribution in [3.05, 3.63) is 44.3 Å². The molecule has 1 aliphatic heterocycles. The van der Waals surface area contributed by atoms with Gasteiger partial charge in [0.1, 0.15) is 10.0 Å². The van der Waals surface area contributed by atoms with Crippen molar-refractivity contribution >= 4 is 50.6 Å². The highest BCUT2D eigenvalue weighted by Gasteiger charge is 2.31. The van der Waals surface area contributed by atoms with Gasteiger partial charge in [-0.15, -0.1) is 22.7 Å². The van der Waals surface area contributed by atoms with Crippen LogP contribution in [0, 0.1) is 0 Å². The number of hydrogen-bond acceptors (Lipinski definition) is 8. The lowest BCUT2D eigenvalue weighted by Crippen LogP contribution is -2.36. The lowest BCUT2D eigenvalue weighted by atomic mass is 9.95. The summed E-state index contributed by atoms with van der Waals surface area (Å²) in [5, 5.41) is 6.53. The largest absolute Gasteiger partial charge is 0.462 e. The number of nitrogens with one attached hydrogen (secondary N) is 2. The number of likely N-dealkylation sites (N-methyl/N-ethyl adjacent to an activating group) is 1. The van der Waals surface area contributed by atoms with Gasteiger partial charge in [0.25, 0.3) is 5.91 Å². The van der Waals surface area contributed by atoms with Gasteiger partial charge in [-0.1, -0.05) is 13.5 Å². The molecule has 1 aliphatic carbocycles. The van der Waals surface area contributed by atoms with Crippen LogP contribution in [0.25, 0.3) is 0 Å². The monoisotopic (exact) mass is 530 g/mol. The fraction of sp³-hybridized carbons (Fsp3) is 0.500. The number of urea groups is 1. The summed E-state index contributed by atoms with van der Waals surface area (Å²) in [6.07, 6.45) is 4.46. The smallest absolute Gasteiger partial charge is 0.341 e. The number of anilines is 2. The van der Waals surface area contributed by atoms with Gasteiger partial charge in [0.15, 0.2) is 0 Å². The van der Waals surface area contributed by atoms with E-state index < -0.39 is 17.9 Å². The molecule has 8 nitrogen and oxygen atoms in total. The van der Waals surface area contributed by atoms with Crippen molar-refractivity contribution in [3.63, 3.8) is 0 Å². The molecule has 0 saturated carbocycles. The molecule has 0 aromatic carbocycles. The summed E-state index contributed by atoms with van der Waals surface area (Å²) in [7, 11) is 1.88. The fourth-order valence-corrected chi connectivity index (χ4v) is 7.42. The third-order valence-corrected chi connectivity index (χ3v) is 9.27. The van der Waals surface area contributed by atoms with Crippen molar-refractivity contribution in [1.82, 2.24) is 10.2 Å². The maximum absolute atomic E-state index is 13.5. The van der Waals surface area contributed by atoms with Crippen LogP contribution in [0.1, 0.15) is 75.2 Å². The summed E-state index contributed by atoms with van der Waals surface area (Å²) in [6, 6.07) is -0.654. The molecular formula is C26H34N4O4S2. The number of amides is 3. The molecule has 10 heteroatoms. The molecule has 2 aromatic rings. The van der Waals surface area contributed by atoms with Gasteiger partial charge in [-0.3, -0.25) is 20.3 Å². The molecule has 0 unspecified atom stereocenters. The minimum absolute atomic E-state index is 0.255. The Hall–Kier alpha value is -2.69. The first kappa shape index (κ1) is 26.4. The number of aryl methyl sites for hydroxylation is 1. The Labute approximate surface area is 220 Å². The fourth-order valence-electron chi connectivity index (χ4n) is 4.73. The lowest BCUT2D eigenvalue weighted by molar-refractivity contribution is 0.0526. The van der Waals surface area contributed by atoms with Crippen LogP contribution in [-0.2, 0) is 30.5 Å². The molecule has 0 radical (unpaired) electrons. The van der Waals surface area contributed by atoms with Gasteiger partial charge in [0, 0.05) is 35.6 Å². The second-order valence-corrected chi connectivity index (χ2v) is 11.3. The van der Waals surface area contributed by atoms with Crippen LogP contribution in [-0.4, -0.2) is 49.6 Å². The number of allylic oxidation sites excluding steroid dienone is 1. The predicted octanol–water partition coefficient (Wildman–Crippen LogP) is 5.17. The van der Waals surface area contributed by atoms with E-state index in [1.165, 1.54) is 11.3 Å². The number of carbonyl (C=O) groups excluding carboxylic acids is 3. The molecule has 0 fully saturated rings. The molecule has 2 aliphatic rings. The van der Waals surface area contributed by atoms with Crippen LogP contribution in [0.4, 0.5) is 14.8 Å². The summed E-state index contributed by atoms with van der Waals surface area (Å²) >= 11 is 2.98. The van der Waals surface area contributed by atoms with E-state index in [2.05, 4.69) is 29.0 Å². The second kappa shape index (κ2) is 11.1. The molecular weight excluding hydrogens is 496 g/mol. The zero-order valence-corrected chi connectivity index (χ0v) is 23.0. The van der Waals surface area contributed by atoms with Crippen molar-refractivity contribution in [2.75, 3.05) is 37.0 Å². The molecule has 194 valence electrons.